The van der Waals surface area contributed by atoms with Crippen molar-refractivity contribution in [3.8, 4) is 0 Å². The molecule has 1 amide bonds. The first-order valence-corrected chi connectivity index (χ1v) is 14.8. The van der Waals surface area contributed by atoms with Gasteiger partial charge in [-0.2, -0.15) is 4.99 Å². The van der Waals surface area contributed by atoms with Crippen LogP contribution in [0.5, 0.6) is 0 Å². The number of aromatic carboxylic acids is 1. The second-order valence-corrected chi connectivity index (χ2v) is 10.8. The third-order valence-corrected chi connectivity index (χ3v) is 6.78. The van der Waals surface area contributed by atoms with Gasteiger partial charge in [0, 0.05) is 18.3 Å². The van der Waals surface area contributed by atoms with Crippen LogP contribution in [0.1, 0.15) is 68.7 Å². The van der Waals surface area contributed by atoms with E-state index in [0.717, 1.165) is 28.1 Å². The highest BCUT2D eigenvalue weighted by Gasteiger charge is 2.02. The Bertz CT molecular complexity index is 1600. The third-order valence-electron chi connectivity index (χ3n) is 6.78. The molecule has 0 saturated carbocycles. The Kier molecular flexibility index (Phi) is 19.0. The van der Waals surface area contributed by atoms with Crippen LogP contribution in [0.25, 0.3) is 0 Å². The molecule has 4 rings (SSSR count). The van der Waals surface area contributed by atoms with Gasteiger partial charge in [-0.25, -0.2) is 9.59 Å². The first-order chi connectivity index (χ1) is 21.6. The second-order valence-electron chi connectivity index (χ2n) is 10.8. The standard InChI is InChI=1S/C10H13NO.C9H9NO.C9H10O2.C8H11N.C3H6/c1-7-4-5-10(6-8(7)2)11-9(3)12;1-7-3-4-9(10-6-11)5-8(7)2;1-6-3-4-8(9(10)11)5-7(6)2;1-6-3-4-8(9)5-7(6)2;1-3-2/h4-6H,1-3H3,(H,11,12);3-5H,1-2H3;3-5H,1-2H3,(H,10,11);3-5H,9H2,1-2H3;3H,1H2,2H3. The summed E-state index contributed by atoms with van der Waals surface area (Å²) in [5, 5.41) is 11.3. The van der Waals surface area contributed by atoms with E-state index in [1.54, 1.807) is 24.3 Å². The smallest absolute Gasteiger partial charge is 0.335 e. The predicted octanol–water partition coefficient (Wildman–Crippen LogP) is 9.61. The number of nitrogens with zero attached hydrogens (tertiary/aromatic N) is 1. The average Bonchev–Trinajstić information content (AvgIpc) is 2.98. The van der Waals surface area contributed by atoms with Crippen LogP contribution in [-0.4, -0.2) is 23.1 Å². The number of amides is 1. The molecule has 0 aliphatic rings. The summed E-state index contributed by atoms with van der Waals surface area (Å²) in [6.45, 7) is 22.8. The van der Waals surface area contributed by atoms with Crippen molar-refractivity contribution in [1.82, 2.24) is 0 Å². The van der Waals surface area contributed by atoms with Gasteiger partial charge in [0.1, 0.15) is 0 Å². The van der Waals surface area contributed by atoms with E-state index >= 15 is 0 Å². The van der Waals surface area contributed by atoms with Crippen molar-refractivity contribution in [3.63, 3.8) is 0 Å². The molecule has 0 aliphatic carbocycles. The molecular formula is C39H49N3O4. The van der Waals surface area contributed by atoms with Gasteiger partial charge >= 0.3 is 5.97 Å². The van der Waals surface area contributed by atoms with Gasteiger partial charge in [-0.05, 0) is 155 Å². The van der Waals surface area contributed by atoms with Crippen LogP contribution in [-0.2, 0) is 9.59 Å². The maximum absolute atomic E-state index is 10.7. The van der Waals surface area contributed by atoms with Gasteiger partial charge in [0.05, 0.1) is 11.3 Å². The number of carboxylic acids is 1. The molecule has 0 atom stereocenters. The van der Waals surface area contributed by atoms with Crippen LogP contribution in [0.2, 0.25) is 0 Å². The minimum Gasteiger partial charge on any atom is -0.478 e. The Morgan fingerprint density at radius 1 is 0.717 bits per heavy atom. The fraction of sp³-hybridized carbons (Fsp3) is 0.256. The number of nitrogens with one attached hydrogen (secondary N) is 1. The molecule has 0 radical (unpaired) electrons. The third kappa shape index (κ3) is 16.6. The summed E-state index contributed by atoms with van der Waals surface area (Å²) in [6.07, 6.45) is 3.26. The summed E-state index contributed by atoms with van der Waals surface area (Å²) in [5.74, 6) is -0.897. The van der Waals surface area contributed by atoms with Gasteiger partial charge in [0.15, 0.2) is 0 Å². The van der Waals surface area contributed by atoms with E-state index in [0.29, 0.717) is 11.3 Å². The van der Waals surface area contributed by atoms with Crippen molar-refractivity contribution < 1.29 is 19.5 Å². The quantitative estimate of drug-likeness (QED) is 0.0908. The maximum Gasteiger partial charge on any atom is 0.335 e. The van der Waals surface area contributed by atoms with E-state index < -0.39 is 5.97 Å². The summed E-state index contributed by atoms with van der Waals surface area (Å²) < 4.78 is 0. The number of hydrogen-bond donors (Lipinski definition) is 3. The van der Waals surface area contributed by atoms with Gasteiger partial charge in [-0.1, -0.05) is 30.3 Å². The Balaban J connectivity index is 0.000000572. The van der Waals surface area contributed by atoms with Crippen molar-refractivity contribution >= 4 is 35.0 Å². The number of anilines is 2. The summed E-state index contributed by atoms with van der Waals surface area (Å²) in [4.78, 5) is 34.5. The van der Waals surface area contributed by atoms with E-state index in [2.05, 4.69) is 30.7 Å². The highest BCUT2D eigenvalue weighted by atomic mass is 16.4. The van der Waals surface area contributed by atoms with Crippen LogP contribution < -0.4 is 11.1 Å². The number of aliphatic imine (C=N–C) groups is 1. The molecule has 0 unspecified atom stereocenters. The first-order valence-electron chi connectivity index (χ1n) is 14.8. The minimum atomic E-state index is -0.867. The number of benzene rings is 4. The molecule has 0 heterocycles. The lowest BCUT2D eigenvalue weighted by Gasteiger charge is -2.04. The highest BCUT2D eigenvalue weighted by Crippen LogP contribution is 2.16. The van der Waals surface area contributed by atoms with Crippen LogP contribution in [0.3, 0.4) is 0 Å². The number of nitrogen functional groups attached to an aromatic ring is 1. The zero-order valence-electron chi connectivity index (χ0n) is 28.9. The molecule has 46 heavy (non-hydrogen) atoms. The molecule has 0 fully saturated rings. The number of carbonyl (C=O) groups is 2. The molecule has 4 aromatic rings. The number of carbonyl (C=O) groups excluding carboxylic acids is 2. The SMILES string of the molecule is C=CC.CC(=O)Nc1ccc(C)c(C)c1.Cc1ccc(C(=O)O)cc1C.Cc1ccc(N)cc1C.Cc1ccc(N=C=O)cc1C. The van der Waals surface area contributed by atoms with Gasteiger partial charge in [0.25, 0.3) is 0 Å². The molecule has 7 nitrogen and oxygen atoms in total. The normalized spacial score (nSPS) is 9.09. The van der Waals surface area contributed by atoms with E-state index in [9.17, 15) is 14.4 Å². The number of aryl methyl sites for hydroxylation is 8. The topological polar surface area (TPSA) is 122 Å². The minimum absolute atomic E-state index is 0.0294. The Morgan fingerprint density at radius 3 is 1.54 bits per heavy atom. The lowest BCUT2D eigenvalue weighted by molar-refractivity contribution is -0.114. The van der Waals surface area contributed by atoms with Crippen molar-refractivity contribution in [1.29, 1.82) is 0 Å². The highest BCUT2D eigenvalue weighted by molar-refractivity contribution is 5.89. The number of allylic oxidation sites excluding steroid dienone is 1. The number of rotatable bonds is 3. The summed E-state index contributed by atoms with van der Waals surface area (Å²) in [5.41, 5.74) is 17.7. The van der Waals surface area contributed by atoms with E-state index in [-0.39, 0.29) is 5.91 Å². The fourth-order valence-corrected chi connectivity index (χ4v) is 3.51. The lowest BCUT2D eigenvalue weighted by atomic mass is 10.1. The fourth-order valence-electron chi connectivity index (χ4n) is 3.51. The van der Waals surface area contributed by atoms with E-state index in [1.165, 1.54) is 40.8 Å². The Hall–Kier alpha value is -5.26. The summed E-state index contributed by atoms with van der Waals surface area (Å²) in [6, 6.07) is 22.5. The van der Waals surface area contributed by atoms with Crippen LogP contribution in [0, 0.1) is 55.4 Å². The molecule has 7 heteroatoms. The van der Waals surface area contributed by atoms with Crippen molar-refractivity contribution in [2.75, 3.05) is 11.1 Å². The van der Waals surface area contributed by atoms with E-state index in [4.69, 9.17) is 10.8 Å². The number of nitrogens with two attached hydrogens (primary N) is 1. The lowest BCUT2D eigenvalue weighted by Crippen LogP contribution is -2.05. The maximum atomic E-state index is 10.7. The van der Waals surface area contributed by atoms with Crippen molar-refractivity contribution in [2.45, 2.75) is 69.2 Å². The zero-order valence-corrected chi connectivity index (χ0v) is 28.9. The summed E-state index contributed by atoms with van der Waals surface area (Å²) >= 11 is 0. The number of isocyanates is 1. The first kappa shape index (κ1) is 40.7. The average molecular weight is 624 g/mol. The molecule has 244 valence electrons. The zero-order chi connectivity index (χ0) is 35.4. The van der Waals surface area contributed by atoms with Crippen LogP contribution in [0.4, 0.5) is 17.1 Å². The molecule has 4 aromatic carbocycles. The number of carboxylic acid groups (broad SMARTS) is 1. The monoisotopic (exact) mass is 623 g/mol. The Labute approximate surface area is 274 Å². The molecule has 0 aliphatic heterocycles. The molecular weight excluding hydrogens is 574 g/mol. The molecule has 0 spiro atoms. The number of hydrogen-bond acceptors (Lipinski definition) is 5. The van der Waals surface area contributed by atoms with Gasteiger partial charge in [-0.15, -0.1) is 6.58 Å². The Morgan fingerprint density at radius 2 is 1.15 bits per heavy atom. The molecule has 0 bridgehead atoms. The predicted molar refractivity (Wildman–Crippen MR) is 193 cm³/mol. The second kappa shape index (κ2) is 21.4. The van der Waals surface area contributed by atoms with Gasteiger partial charge in [0.2, 0.25) is 12.0 Å². The molecule has 0 saturated heterocycles. The van der Waals surface area contributed by atoms with Gasteiger partial charge in [-0.3, -0.25) is 4.79 Å². The van der Waals surface area contributed by atoms with E-state index in [1.807, 2.05) is 103 Å². The van der Waals surface area contributed by atoms with Crippen LogP contribution >= 0.6 is 0 Å². The molecule has 4 N–H and O–H groups in total. The van der Waals surface area contributed by atoms with Crippen molar-refractivity contribution in [3.05, 3.63) is 136 Å². The van der Waals surface area contributed by atoms with Crippen molar-refractivity contribution in [2.24, 2.45) is 4.99 Å². The molecule has 0 aromatic heterocycles. The summed E-state index contributed by atoms with van der Waals surface area (Å²) in [7, 11) is 0. The van der Waals surface area contributed by atoms with Crippen LogP contribution in [0.15, 0.2) is 90.4 Å². The van der Waals surface area contributed by atoms with Gasteiger partial charge < -0.3 is 16.2 Å². The largest absolute Gasteiger partial charge is 0.478 e.